The minimum Gasteiger partial charge on any atom is -0.322 e. The number of fused-ring (bicyclic) bond motifs is 1. The average molecular weight is 405 g/mol. The highest BCUT2D eigenvalue weighted by Gasteiger charge is 2.25. The Kier molecular flexibility index (Phi) is 4.44. The van der Waals surface area contributed by atoms with E-state index in [1.807, 2.05) is 42.6 Å². The first kappa shape index (κ1) is 17.7. The fourth-order valence-electron chi connectivity index (χ4n) is 3.10. The van der Waals surface area contributed by atoms with Gasteiger partial charge in [0, 0.05) is 48.4 Å². The normalized spacial score (nSPS) is 13.6. The molecule has 29 heavy (non-hydrogen) atoms. The molecule has 146 valence electrons. The highest BCUT2D eigenvalue weighted by molar-refractivity contribution is 7.97. The van der Waals surface area contributed by atoms with Crippen molar-refractivity contribution in [3.8, 4) is 0 Å². The molecule has 0 saturated heterocycles. The summed E-state index contributed by atoms with van der Waals surface area (Å²) >= 11 is 1.18. The van der Waals surface area contributed by atoms with Crippen molar-refractivity contribution in [1.29, 1.82) is 0 Å². The molecule has 0 aliphatic heterocycles. The van der Waals surface area contributed by atoms with Crippen LogP contribution in [0.4, 0.5) is 11.6 Å². The smallest absolute Gasteiger partial charge is 0.263 e. The molecule has 5 rings (SSSR count). The number of carbonyl (C=O) groups is 1. The number of nitrogens with one attached hydrogen (secondary N) is 2. The summed E-state index contributed by atoms with van der Waals surface area (Å²) < 4.78 is 3.27. The number of anilines is 2. The van der Waals surface area contributed by atoms with Crippen LogP contribution in [0.15, 0.2) is 59.9 Å². The van der Waals surface area contributed by atoms with E-state index in [0.29, 0.717) is 22.5 Å². The summed E-state index contributed by atoms with van der Waals surface area (Å²) in [7, 11) is 1.71. The predicted molar refractivity (Wildman–Crippen MR) is 111 cm³/mol. The van der Waals surface area contributed by atoms with Crippen LogP contribution in [0.2, 0.25) is 0 Å². The monoisotopic (exact) mass is 405 g/mol. The van der Waals surface area contributed by atoms with Gasteiger partial charge in [0.1, 0.15) is 5.52 Å². The van der Waals surface area contributed by atoms with Crippen molar-refractivity contribution in [2.24, 2.45) is 0 Å². The maximum atomic E-state index is 12.6. The van der Waals surface area contributed by atoms with E-state index in [9.17, 15) is 4.79 Å². The fraction of sp³-hybridized carbons (Fsp3) is 0.200. The number of H-pyrrole nitrogens is 1. The number of aromatic amines is 1. The lowest BCUT2D eigenvalue weighted by Crippen LogP contribution is -2.20. The fourth-order valence-corrected chi connectivity index (χ4v) is 3.79. The molecule has 3 aromatic heterocycles. The van der Waals surface area contributed by atoms with Gasteiger partial charge in [0.2, 0.25) is 5.16 Å². The molecule has 0 radical (unpaired) electrons. The third kappa shape index (κ3) is 3.68. The summed E-state index contributed by atoms with van der Waals surface area (Å²) in [5, 5.41) is 15.7. The molecule has 2 N–H and O–H groups in total. The summed E-state index contributed by atoms with van der Waals surface area (Å²) in [4.78, 5) is 17.3. The molecule has 0 spiro atoms. The lowest BCUT2D eigenvalue weighted by molar-refractivity contribution is 0.0891. The molecule has 1 amide bonds. The van der Waals surface area contributed by atoms with Crippen LogP contribution in [0.25, 0.3) is 5.52 Å². The van der Waals surface area contributed by atoms with E-state index in [2.05, 4.69) is 25.6 Å². The highest BCUT2D eigenvalue weighted by atomic mass is 32.2. The number of nitrogens with zero attached hydrogens (tertiary/aromatic N) is 5. The average Bonchev–Trinajstić information content (AvgIpc) is 3.29. The van der Waals surface area contributed by atoms with Gasteiger partial charge in [-0.15, -0.1) is 5.10 Å². The molecule has 0 unspecified atom stereocenters. The molecular weight excluding hydrogens is 386 g/mol. The largest absolute Gasteiger partial charge is 0.322 e. The quantitative estimate of drug-likeness (QED) is 0.474. The second kappa shape index (κ2) is 7.25. The van der Waals surface area contributed by atoms with Crippen molar-refractivity contribution >= 4 is 35.0 Å². The maximum Gasteiger partial charge on any atom is 0.263 e. The Morgan fingerprint density at radius 2 is 2.07 bits per heavy atom. The van der Waals surface area contributed by atoms with E-state index in [4.69, 9.17) is 0 Å². The third-order valence-corrected chi connectivity index (χ3v) is 5.53. The number of amides is 1. The first-order chi connectivity index (χ1) is 14.2. The van der Waals surface area contributed by atoms with Gasteiger partial charge in [0.05, 0.1) is 0 Å². The van der Waals surface area contributed by atoms with E-state index in [-0.39, 0.29) is 5.91 Å². The lowest BCUT2D eigenvalue weighted by atomic mass is 10.2. The van der Waals surface area contributed by atoms with Crippen LogP contribution >= 0.6 is 11.9 Å². The van der Waals surface area contributed by atoms with E-state index in [1.165, 1.54) is 29.1 Å². The number of aromatic nitrogens is 5. The van der Waals surface area contributed by atoms with E-state index in [1.54, 1.807) is 23.7 Å². The minimum atomic E-state index is -0.109. The Morgan fingerprint density at radius 3 is 2.86 bits per heavy atom. The summed E-state index contributed by atoms with van der Waals surface area (Å²) in [5.41, 5.74) is 2.60. The van der Waals surface area contributed by atoms with Crippen molar-refractivity contribution in [1.82, 2.24) is 29.1 Å². The molecule has 1 aliphatic carbocycles. The maximum absolute atomic E-state index is 12.6. The number of hydrogen-bond acceptors (Lipinski definition) is 6. The van der Waals surface area contributed by atoms with Crippen molar-refractivity contribution in [2.45, 2.75) is 23.9 Å². The van der Waals surface area contributed by atoms with Crippen LogP contribution in [-0.2, 0) is 0 Å². The van der Waals surface area contributed by atoms with Crippen LogP contribution in [0.3, 0.4) is 0 Å². The van der Waals surface area contributed by atoms with Gasteiger partial charge in [-0.05, 0) is 37.1 Å². The van der Waals surface area contributed by atoms with E-state index >= 15 is 0 Å². The van der Waals surface area contributed by atoms with Crippen molar-refractivity contribution in [3.05, 3.63) is 66.0 Å². The van der Waals surface area contributed by atoms with Crippen molar-refractivity contribution < 1.29 is 4.79 Å². The van der Waals surface area contributed by atoms with Gasteiger partial charge in [0.25, 0.3) is 5.91 Å². The molecule has 3 heterocycles. The molecular formula is C20H19N7OS. The Balaban J connectivity index is 1.40. The minimum absolute atomic E-state index is 0.109. The Bertz CT molecular complexity index is 1170. The number of benzene rings is 1. The van der Waals surface area contributed by atoms with Crippen LogP contribution in [0, 0.1) is 0 Å². The van der Waals surface area contributed by atoms with Crippen LogP contribution in [0.1, 0.15) is 34.8 Å². The topological polar surface area (TPSA) is 91.2 Å². The van der Waals surface area contributed by atoms with Crippen LogP contribution in [0.5, 0.6) is 0 Å². The molecule has 0 atom stereocenters. The zero-order valence-electron chi connectivity index (χ0n) is 15.7. The molecule has 0 bridgehead atoms. The summed E-state index contributed by atoms with van der Waals surface area (Å²) in [6, 6.07) is 15.0. The van der Waals surface area contributed by atoms with Gasteiger partial charge < -0.3 is 5.32 Å². The van der Waals surface area contributed by atoms with Crippen LogP contribution in [-0.4, -0.2) is 42.1 Å². The number of rotatable bonds is 6. The Labute approximate surface area is 171 Å². The zero-order chi connectivity index (χ0) is 19.8. The lowest BCUT2D eigenvalue weighted by Gasteiger charge is -2.15. The highest BCUT2D eigenvalue weighted by Crippen LogP contribution is 2.39. The second-order valence-electron chi connectivity index (χ2n) is 6.95. The van der Waals surface area contributed by atoms with Crippen LogP contribution < -0.4 is 5.32 Å². The van der Waals surface area contributed by atoms with E-state index in [0.717, 1.165) is 17.0 Å². The standard InChI is InChI=1S/C20H19N7OS/c1-26(19(28)14-6-3-2-4-7-14)29-20-22-18(16-8-5-11-27(16)25-20)21-17-12-15(23-24-17)13-9-10-13/h2-8,11-13H,9-10H2,1H3,(H2,21,22,23,24,25). The molecule has 1 aromatic carbocycles. The van der Waals surface area contributed by atoms with Gasteiger partial charge in [-0.2, -0.15) is 10.1 Å². The van der Waals surface area contributed by atoms with Crippen molar-refractivity contribution in [3.63, 3.8) is 0 Å². The number of hydrogen-bond donors (Lipinski definition) is 2. The van der Waals surface area contributed by atoms with Gasteiger partial charge in [-0.3, -0.25) is 14.2 Å². The van der Waals surface area contributed by atoms with Crippen molar-refractivity contribution in [2.75, 3.05) is 12.4 Å². The molecule has 1 aliphatic rings. The third-order valence-electron chi connectivity index (χ3n) is 4.76. The molecule has 8 nitrogen and oxygen atoms in total. The summed E-state index contributed by atoms with van der Waals surface area (Å²) in [6.07, 6.45) is 4.27. The van der Waals surface area contributed by atoms with Gasteiger partial charge in [0.15, 0.2) is 11.6 Å². The predicted octanol–water partition coefficient (Wildman–Crippen LogP) is 3.85. The number of carbonyl (C=O) groups excluding carboxylic acids is 1. The first-order valence-electron chi connectivity index (χ1n) is 9.36. The van der Waals surface area contributed by atoms with Gasteiger partial charge >= 0.3 is 0 Å². The molecule has 1 fully saturated rings. The van der Waals surface area contributed by atoms with Gasteiger partial charge in [-0.25, -0.2) is 4.52 Å². The second-order valence-corrected chi connectivity index (χ2v) is 8.04. The molecule has 4 aromatic rings. The summed E-state index contributed by atoms with van der Waals surface area (Å²) in [5.74, 6) is 1.85. The van der Waals surface area contributed by atoms with Gasteiger partial charge in [-0.1, -0.05) is 18.2 Å². The first-order valence-corrected chi connectivity index (χ1v) is 10.1. The zero-order valence-corrected chi connectivity index (χ0v) is 16.6. The van der Waals surface area contributed by atoms with E-state index < -0.39 is 0 Å². The SMILES string of the molecule is CN(Sc1nc(Nc2cc(C3CC3)[nH]n2)c2cccn2n1)C(=O)c1ccccc1. The molecule has 9 heteroatoms. The Morgan fingerprint density at radius 1 is 1.24 bits per heavy atom. The molecule has 1 saturated carbocycles. The Hall–Kier alpha value is -3.33. The summed E-state index contributed by atoms with van der Waals surface area (Å²) in [6.45, 7) is 0.